The summed E-state index contributed by atoms with van der Waals surface area (Å²) in [6.45, 7) is 0. The van der Waals surface area contributed by atoms with Gasteiger partial charge in [0.2, 0.25) is 0 Å². The van der Waals surface area contributed by atoms with Gasteiger partial charge in [-0.2, -0.15) is 0 Å². The van der Waals surface area contributed by atoms with Gasteiger partial charge in [0.15, 0.2) is 0 Å². The second kappa shape index (κ2) is 6.75. The Labute approximate surface area is 150 Å². The number of halogens is 1. The molecule has 0 saturated carbocycles. The van der Waals surface area contributed by atoms with E-state index < -0.39 is 0 Å². The molecule has 4 nitrogen and oxygen atoms in total. The molecule has 4 rings (SSSR count). The number of fused-ring (bicyclic) bond motifs is 2. The molecule has 1 aromatic carbocycles. The standard InChI is InChI=1S/C18H18ClN3OS/c19-14-7-8-20-10-17(14)24-13-4-1-11(2-5-13)18(23)22-16-9-12-3-6-15(16)21-12/h1-2,4-5,7-8,10,12,15-16,21H,3,6,9H2,(H,22,23). The van der Waals surface area contributed by atoms with Crippen LogP contribution in [0.5, 0.6) is 0 Å². The van der Waals surface area contributed by atoms with Gasteiger partial charge < -0.3 is 10.6 Å². The molecule has 24 heavy (non-hydrogen) atoms. The lowest BCUT2D eigenvalue weighted by atomic mass is 9.95. The van der Waals surface area contributed by atoms with Gasteiger partial charge in [-0.05, 0) is 49.6 Å². The number of hydrogen-bond donors (Lipinski definition) is 2. The van der Waals surface area contributed by atoms with Crippen LogP contribution in [-0.2, 0) is 0 Å². The van der Waals surface area contributed by atoms with Crippen molar-refractivity contribution in [1.29, 1.82) is 0 Å². The molecule has 1 aromatic heterocycles. The first-order chi connectivity index (χ1) is 11.7. The highest BCUT2D eigenvalue weighted by Crippen LogP contribution is 2.32. The Hall–Kier alpha value is -1.56. The van der Waals surface area contributed by atoms with Crippen molar-refractivity contribution >= 4 is 29.3 Å². The van der Waals surface area contributed by atoms with Crippen LogP contribution in [0.15, 0.2) is 52.5 Å². The average molecular weight is 360 g/mol. The molecule has 2 aromatic rings. The number of benzene rings is 1. The van der Waals surface area contributed by atoms with Gasteiger partial charge in [-0.3, -0.25) is 9.78 Å². The number of aromatic nitrogens is 1. The zero-order chi connectivity index (χ0) is 16.5. The predicted octanol–water partition coefficient (Wildman–Crippen LogP) is 3.51. The Morgan fingerprint density at radius 1 is 1.25 bits per heavy atom. The highest BCUT2D eigenvalue weighted by molar-refractivity contribution is 7.99. The summed E-state index contributed by atoms with van der Waals surface area (Å²) in [5.74, 6) is 0.00492. The number of rotatable bonds is 4. The van der Waals surface area contributed by atoms with Crippen LogP contribution in [0, 0.1) is 0 Å². The molecule has 2 saturated heterocycles. The Morgan fingerprint density at radius 2 is 2.08 bits per heavy atom. The number of carbonyl (C=O) groups excluding carboxylic acids is 1. The Kier molecular flexibility index (Phi) is 4.48. The first-order valence-corrected chi connectivity index (χ1v) is 9.33. The van der Waals surface area contributed by atoms with Crippen LogP contribution < -0.4 is 10.6 Å². The first-order valence-electron chi connectivity index (χ1n) is 8.13. The maximum atomic E-state index is 12.4. The molecule has 3 unspecified atom stereocenters. The van der Waals surface area contributed by atoms with Crippen molar-refractivity contribution in [2.45, 2.75) is 47.2 Å². The van der Waals surface area contributed by atoms with Crippen LogP contribution in [0.3, 0.4) is 0 Å². The van der Waals surface area contributed by atoms with Crippen molar-refractivity contribution in [3.05, 3.63) is 53.3 Å². The Balaban J connectivity index is 1.40. The maximum absolute atomic E-state index is 12.4. The Bertz CT molecular complexity index is 752. The summed E-state index contributed by atoms with van der Waals surface area (Å²) in [6.07, 6.45) is 6.86. The monoisotopic (exact) mass is 359 g/mol. The second-order valence-electron chi connectivity index (χ2n) is 6.30. The fourth-order valence-electron chi connectivity index (χ4n) is 3.47. The molecule has 2 aliphatic rings. The SMILES string of the molecule is O=C(NC1CC2CCC1N2)c1ccc(Sc2cnccc2Cl)cc1. The number of carbonyl (C=O) groups is 1. The summed E-state index contributed by atoms with van der Waals surface area (Å²) in [5.41, 5.74) is 0.694. The summed E-state index contributed by atoms with van der Waals surface area (Å²) in [4.78, 5) is 18.4. The highest BCUT2D eigenvalue weighted by Gasteiger charge is 2.39. The van der Waals surface area contributed by atoms with Gasteiger partial charge in [0.1, 0.15) is 0 Å². The molecule has 3 atom stereocenters. The summed E-state index contributed by atoms with van der Waals surface area (Å²) in [6, 6.07) is 10.7. The van der Waals surface area contributed by atoms with Crippen LogP contribution in [0.25, 0.3) is 0 Å². The van der Waals surface area contributed by atoms with Gasteiger partial charge >= 0.3 is 0 Å². The maximum Gasteiger partial charge on any atom is 0.251 e. The predicted molar refractivity (Wildman–Crippen MR) is 95.6 cm³/mol. The van der Waals surface area contributed by atoms with Crippen LogP contribution in [0.1, 0.15) is 29.6 Å². The largest absolute Gasteiger partial charge is 0.348 e. The molecule has 3 heterocycles. The van der Waals surface area contributed by atoms with Crippen LogP contribution in [-0.4, -0.2) is 29.0 Å². The molecule has 1 amide bonds. The lowest BCUT2D eigenvalue weighted by Crippen LogP contribution is -2.42. The first kappa shape index (κ1) is 15.9. The van der Waals surface area contributed by atoms with Crippen molar-refractivity contribution in [2.75, 3.05) is 0 Å². The van der Waals surface area contributed by atoms with Crippen molar-refractivity contribution in [3.8, 4) is 0 Å². The lowest BCUT2D eigenvalue weighted by Gasteiger charge is -2.21. The summed E-state index contributed by atoms with van der Waals surface area (Å²) >= 11 is 7.69. The van der Waals surface area contributed by atoms with E-state index in [0.29, 0.717) is 22.7 Å². The molecule has 0 radical (unpaired) electrons. The van der Waals surface area contributed by atoms with E-state index in [1.54, 1.807) is 30.2 Å². The molecule has 2 bridgehead atoms. The number of hydrogen-bond acceptors (Lipinski definition) is 4. The third-order valence-electron chi connectivity index (χ3n) is 4.69. The minimum absolute atomic E-state index is 0.00492. The van der Waals surface area contributed by atoms with Gasteiger partial charge in [-0.25, -0.2) is 0 Å². The third-order valence-corrected chi connectivity index (χ3v) is 6.19. The van der Waals surface area contributed by atoms with E-state index >= 15 is 0 Å². The minimum atomic E-state index is 0.00492. The molecule has 2 N–H and O–H groups in total. The van der Waals surface area contributed by atoms with Crippen LogP contribution in [0.4, 0.5) is 0 Å². The fraction of sp³-hybridized carbons (Fsp3) is 0.333. The molecule has 2 aliphatic heterocycles. The van der Waals surface area contributed by atoms with Gasteiger partial charge in [0.25, 0.3) is 5.91 Å². The summed E-state index contributed by atoms with van der Waals surface area (Å²) in [5, 5.41) is 7.39. The number of pyridine rings is 1. The van der Waals surface area contributed by atoms with Crippen molar-refractivity contribution < 1.29 is 4.79 Å². The van der Waals surface area contributed by atoms with E-state index in [0.717, 1.165) is 22.6 Å². The van der Waals surface area contributed by atoms with E-state index in [9.17, 15) is 4.79 Å². The van der Waals surface area contributed by atoms with E-state index in [2.05, 4.69) is 15.6 Å². The van der Waals surface area contributed by atoms with Crippen LogP contribution in [0.2, 0.25) is 5.02 Å². The molecular weight excluding hydrogens is 342 g/mol. The number of amides is 1. The molecular formula is C18H18ClN3OS. The van der Waals surface area contributed by atoms with Gasteiger partial charge in [-0.1, -0.05) is 23.4 Å². The highest BCUT2D eigenvalue weighted by atomic mass is 35.5. The molecule has 2 fully saturated rings. The van der Waals surface area contributed by atoms with Crippen molar-refractivity contribution in [1.82, 2.24) is 15.6 Å². The fourth-order valence-corrected chi connectivity index (χ4v) is 4.50. The summed E-state index contributed by atoms with van der Waals surface area (Å²) in [7, 11) is 0. The van der Waals surface area contributed by atoms with E-state index in [4.69, 9.17) is 11.6 Å². The second-order valence-corrected chi connectivity index (χ2v) is 7.82. The molecule has 6 heteroatoms. The Morgan fingerprint density at radius 3 is 2.75 bits per heavy atom. The third kappa shape index (κ3) is 3.29. The number of nitrogens with zero attached hydrogens (tertiary/aromatic N) is 1. The topological polar surface area (TPSA) is 54.0 Å². The lowest BCUT2D eigenvalue weighted by molar-refractivity contribution is 0.0931. The van der Waals surface area contributed by atoms with Gasteiger partial charge in [0, 0.05) is 45.9 Å². The van der Waals surface area contributed by atoms with Gasteiger partial charge in [0.05, 0.1) is 5.02 Å². The van der Waals surface area contributed by atoms with E-state index in [1.165, 1.54) is 6.42 Å². The molecule has 0 spiro atoms. The smallest absolute Gasteiger partial charge is 0.251 e. The molecule has 124 valence electrons. The average Bonchev–Trinajstić information content (AvgIpc) is 3.20. The quantitative estimate of drug-likeness (QED) is 0.877. The van der Waals surface area contributed by atoms with Crippen LogP contribution >= 0.6 is 23.4 Å². The minimum Gasteiger partial charge on any atom is -0.348 e. The normalized spacial score (nSPS) is 25.0. The zero-order valence-corrected chi connectivity index (χ0v) is 14.6. The van der Waals surface area contributed by atoms with Crippen molar-refractivity contribution in [2.24, 2.45) is 0 Å². The summed E-state index contributed by atoms with van der Waals surface area (Å²) < 4.78 is 0. The van der Waals surface area contributed by atoms with E-state index in [-0.39, 0.29) is 11.9 Å². The number of nitrogens with one attached hydrogen (secondary N) is 2. The molecule has 0 aliphatic carbocycles. The van der Waals surface area contributed by atoms with E-state index in [1.807, 2.05) is 24.3 Å². The van der Waals surface area contributed by atoms with Crippen molar-refractivity contribution in [3.63, 3.8) is 0 Å². The zero-order valence-electron chi connectivity index (χ0n) is 13.0. The van der Waals surface area contributed by atoms with Gasteiger partial charge in [-0.15, -0.1) is 0 Å².